The summed E-state index contributed by atoms with van der Waals surface area (Å²) in [4.78, 5) is 23.2. The number of carbonyl (C=O) groups excluding carboxylic acids is 2. The Labute approximate surface area is 154 Å². The van der Waals surface area contributed by atoms with Crippen molar-refractivity contribution in [1.29, 1.82) is 0 Å². The van der Waals surface area contributed by atoms with E-state index >= 15 is 0 Å². The van der Waals surface area contributed by atoms with Crippen LogP contribution in [0.25, 0.3) is 0 Å². The molecule has 0 aliphatic rings. The van der Waals surface area contributed by atoms with Crippen molar-refractivity contribution >= 4 is 11.8 Å². The number of ether oxygens (including phenoxy) is 1. The molecule has 26 heavy (non-hydrogen) atoms. The average Bonchev–Trinajstić information content (AvgIpc) is 2.69. The number of amides is 2. The van der Waals surface area contributed by atoms with Gasteiger partial charge in [-0.3, -0.25) is 9.59 Å². The summed E-state index contributed by atoms with van der Waals surface area (Å²) < 4.78 is 5.40. The molecule has 2 aromatic carbocycles. The predicted molar refractivity (Wildman–Crippen MR) is 102 cm³/mol. The smallest absolute Gasteiger partial charge is 0.257 e. The van der Waals surface area contributed by atoms with Crippen molar-refractivity contribution in [2.75, 3.05) is 13.7 Å². The highest BCUT2D eigenvalue weighted by atomic mass is 16.5. The molecular weight excluding hydrogens is 328 g/mol. The Balaban J connectivity index is 1.66. The first-order valence-electron chi connectivity index (χ1n) is 8.90. The van der Waals surface area contributed by atoms with Crippen LogP contribution >= 0.6 is 0 Å². The monoisotopic (exact) mass is 354 g/mol. The Morgan fingerprint density at radius 2 is 1.69 bits per heavy atom. The lowest BCUT2D eigenvalue weighted by molar-refractivity contribution is -0.122. The van der Waals surface area contributed by atoms with Gasteiger partial charge in [0.25, 0.3) is 5.91 Å². The van der Waals surface area contributed by atoms with Crippen LogP contribution in [0.3, 0.4) is 0 Å². The lowest BCUT2D eigenvalue weighted by Gasteiger charge is -2.09. The van der Waals surface area contributed by atoms with Gasteiger partial charge in [0.15, 0.2) is 6.61 Å². The number of benzene rings is 2. The normalized spacial score (nSPS) is 10.2. The van der Waals surface area contributed by atoms with E-state index in [4.69, 9.17) is 4.74 Å². The highest BCUT2D eigenvalue weighted by Crippen LogP contribution is 2.13. The van der Waals surface area contributed by atoms with E-state index < -0.39 is 0 Å². The van der Waals surface area contributed by atoms with Crippen LogP contribution in [0, 0.1) is 0 Å². The summed E-state index contributed by atoms with van der Waals surface area (Å²) in [5, 5.41) is 5.43. The SMILES string of the molecule is CNC(=O)COc1cccc(CNC(=O)CCCCc2ccccc2)c1. The van der Waals surface area contributed by atoms with Gasteiger partial charge in [-0.1, -0.05) is 42.5 Å². The minimum absolute atomic E-state index is 0.0201. The fourth-order valence-corrected chi connectivity index (χ4v) is 2.51. The van der Waals surface area contributed by atoms with Crippen LogP contribution in [0.5, 0.6) is 5.75 Å². The summed E-state index contributed by atoms with van der Waals surface area (Å²) in [6.45, 7) is 0.433. The Morgan fingerprint density at radius 1 is 0.923 bits per heavy atom. The highest BCUT2D eigenvalue weighted by Gasteiger charge is 2.04. The molecule has 2 rings (SSSR count). The fraction of sp³-hybridized carbons (Fsp3) is 0.333. The second kappa shape index (κ2) is 10.9. The van der Waals surface area contributed by atoms with Crippen molar-refractivity contribution in [2.24, 2.45) is 0 Å². The summed E-state index contributed by atoms with van der Waals surface area (Å²) in [6.07, 6.45) is 3.40. The minimum atomic E-state index is -0.181. The third kappa shape index (κ3) is 7.38. The summed E-state index contributed by atoms with van der Waals surface area (Å²) in [5.41, 5.74) is 2.25. The predicted octanol–water partition coefficient (Wildman–Crippen LogP) is 2.84. The fourth-order valence-electron chi connectivity index (χ4n) is 2.51. The van der Waals surface area contributed by atoms with Crippen LogP contribution in [0.2, 0.25) is 0 Å². The third-order valence-corrected chi connectivity index (χ3v) is 4.00. The molecule has 0 bridgehead atoms. The molecule has 0 radical (unpaired) electrons. The lowest BCUT2D eigenvalue weighted by Crippen LogP contribution is -2.25. The Morgan fingerprint density at radius 3 is 2.46 bits per heavy atom. The number of hydrogen-bond acceptors (Lipinski definition) is 3. The highest BCUT2D eigenvalue weighted by molar-refractivity contribution is 5.77. The standard InChI is InChI=1S/C21H26N2O3/c1-22-21(25)16-26-19-12-7-11-18(14-19)15-23-20(24)13-6-5-10-17-8-3-2-4-9-17/h2-4,7-9,11-12,14H,5-6,10,13,15-16H2,1H3,(H,22,25)(H,23,24). The maximum absolute atomic E-state index is 12.0. The molecule has 0 aliphatic heterocycles. The summed E-state index contributed by atoms with van der Waals surface area (Å²) >= 11 is 0. The number of unbranched alkanes of at least 4 members (excludes halogenated alkanes) is 1. The number of nitrogens with one attached hydrogen (secondary N) is 2. The van der Waals surface area contributed by atoms with Gasteiger partial charge in [0.2, 0.25) is 5.91 Å². The zero-order valence-electron chi connectivity index (χ0n) is 15.2. The maximum Gasteiger partial charge on any atom is 0.257 e. The van der Waals surface area contributed by atoms with Crippen molar-refractivity contribution in [1.82, 2.24) is 10.6 Å². The molecular formula is C21H26N2O3. The van der Waals surface area contributed by atoms with Crippen LogP contribution in [0.4, 0.5) is 0 Å². The van der Waals surface area contributed by atoms with Gasteiger partial charge in [0, 0.05) is 20.0 Å². The van der Waals surface area contributed by atoms with E-state index in [1.807, 2.05) is 36.4 Å². The molecule has 0 saturated heterocycles. The molecule has 0 unspecified atom stereocenters. The van der Waals surface area contributed by atoms with E-state index in [9.17, 15) is 9.59 Å². The van der Waals surface area contributed by atoms with Gasteiger partial charge in [-0.2, -0.15) is 0 Å². The molecule has 0 atom stereocenters. The first-order chi connectivity index (χ1) is 12.7. The third-order valence-electron chi connectivity index (χ3n) is 4.00. The molecule has 0 aliphatic carbocycles. The van der Waals surface area contributed by atoms with E-state index in [0.717, 1.165) is 24.8 Å². The van der Waals surface area contributed by atoms with Gasteiger partial charge >= 0.3 is 0 Å². The largest absolute Gasteiger partial charge is 0.484 e. The molecule has 0 spiro atoms. The zero-order valence-corrected chi connectivity index (χ0v) is 15.2. The van der Waals surface area contributed by atoms with E-state index in [2.05, 4.69) is 22.8 Å². The van der Waals surface area contributed by atoms with Crippen LogP contribution in [-0.2, 0) is 22.6 Å². The van der Waals surface area contributed by atoms with Gasteiger partial charge in [0.05, 0.1) is 0 Å². The van der Waals surface area contributed by atoms with Crippen molar-refractivity contribution in [2.45, 2.75) is 32.2 Å². The van der Waals surface area contributed by atoms with Crippen LogP contribution < -0.4 is 15.4 Å². The number of likely N-dealkylation sites (N-methyl/N-ethyl adjacent to an activating group) is 1. The topological polar surface area (TPSA) is 67.4 Å². The van der Waals surface area contributed by atoms with Gasteiger partial charge < -0.3 is 15.4 Å². The summed E-state index contributed by atoms with van der Waals surface area (Å²) in [5.74, 6) is 0.483. The second-order valence-corrected chi connectivity index (χ2v) is 6.08. The number of aryl methyl sites for hydroxylation is 1. The van der Waals surface area contributed by atoms with Crippen LogP contribution in [-0.4, -0.2) is 25.5 Å². The Kier molecular flexibility index (Phi) is 8.19. The maximum atomic E-state index is 12.0. The van der Waals surface area contributed by atoms with E-state index in [1.54, 1.807) is 13.1 Å². The van der Waals surface area contributed by atoms with Crippen molar-refractivity contribution in [3.05, 3.63) is 65.7 Å². The molecule has 2 amide bonds. The molecule has 2 aromatic rings. The van der Waals surface area contributed by atoms with Crippen molar-refractivity contribution in [3.8, 4) is 5.75 Å². The molecule has 5 heteroatoms. The van der Waals surface area contributed by atoms with Gasteiger partial charge in [-0.25, -0.2) is 0 Å². The minimum Gasteiger partial charge on any atom is -0.484 e. The molecule has 0 fully saturated rings. The zero-order chi connectivity index (χ0) is 18.6. The average molecular weight is 354 g/mol. The van der Waals surface area contributed by atoms with E-state index in [1.165, 1.54) is 5.56 Å². The van der Waals surface area contributed by atoms with Gasteiger partial charge in [-0.15, -0.1) is 0 Å². The Hall–Kier alpha value is -2.82. The summed E-state index contributed by atoms with van der Waals surface area (Å²) in [6, 6.07) is 17.7. The van der Waals surface area contributed by atoms with E-state index in [0.29, 0.717) is 18.7 Å². The van der Waals surface area contributed by atoms with E-state index in [-0.39, 0.29) is 18.4 Å². The molecule has 0 heterocycles. The second-order valence-electron chi connectivity index (χ2n) is 6.08. The molecule has 5 nitrogen and oxygen atoms in total. The van der Waals surface area contributed by atoms with Gasteiger partial charge in [-0.05, 0) is 42.5 Å². The van der Waals surface area contributed by atoms with Gasteiger partial charge in [0.1, 0.15) is 5.75 Å². The van der Waals surface area contributed by atoms with Crippen molar-refractivity contribution in [3.63, 3.8) is 0 Å². The number of carbonyl (C=O) groups is 2. The first-order valence-corrected chi connectivity index (χ1v) is 8.90. The Bertz CT molecular complexity index is 701. The molecule has 0 saturated carbocycles. The van der Waals surface area contributed by atoms with Crippen LogP contribution in [0.1, 0.15) is 30.4 Å². The number of hydrogen-bond donors (Lipinski definition) is 2. The quantitative estimate of drug-likeness (QED) is 0.645. The summed E-state index contributed by atoms with van der Waals surface area (Å²) in [7, 11) is 1.57. The lowest BCUT2D eigenvalue weighted by atomic mass is 10.1. The molecule has 138 valence electrons. The van der Waals surface area contributed by atoms with Crippen LogP contribution in [0.15, 0.2) is 54.6 Å². The number of rotatable bonds is 10. The molecule has 2 N–H and O–H groups in total. The molecule has 0 aromatic heterocycles. The first kappa shape index (κ1) is 19.5. The van der Waals surface area contributed by atoms with Crippen molar-refractivity contribution < 1.29 is 14.3 Å².